The molecule has 1 N–H and O–H groups in total. The Morgan fingerprint density at radius 3 is 1.15 bits per heavy atom. The van der Waals surface area contributed by atoms with Crippen LogP contribution in [-0.2, 0) is 27.9 Å². The predicted octanol–water partition coefficient (Wildman–Crippen LogP) is 21.4. The quantitative estimate of drug-likeness (QED) is 0.0212. The number of esters is 1. The fraction of sp³-hybridized carbons (Fsp3) is 0.859. The Kier molecular flexibility index (Phi) is 59.5. The zero-order valence-electron chi connectivity index (χ0n) is 54.5. The van der Waals surface area contributed by atoms with Gasteiger partial charge in [0.1, 0.15) is 19.3 Å². The van der Waals surface area contributed by atoms with Gasteiger partial charge in [0.05, 0.1) is 33.8 Å². The standard InChI is InChI=1S/C71H135N2O7P/c1-7-10-13-16-19-22-25-28-30-31-32-33-34-35-36-37-38-39-40-41-43-46-49-52-55-58-61-64-71(75)80-69(62-59-56-53-50-47-44-27-24-21-18-15-12-9-3)68(67-79-81(76,77)78-66-65-73(4,5)6)72-70(74)63-60-57-54-51-48-45-42-29-26-23-20-17-14-11-8-2/h19,22,28,30,32-33,59,62,68-69H,7-18,20-21,23-27,29,31,34-58,60-61,63-67H2,1-6H3,(H-,72,74,76,77)/b22-19-,30-28-,33-32-,62-59-. The summed E-state index contributed by atoms with van der Waals surface area (Å²) in [4.78, 5) is 40.1. The predicted molar refractivity (Wildman–Crippen MR) is 349 cm³/mol. The number of ether oxygens (including phenoxy) is 1. The maximum atomic E-state index is 13.6. The smallest absolute Gasteiger partial charge is 0.306 e. The first kappa shape index (κ1) is 79.0. The van der Waals surface area contributed by atoms with Crippen LogP contribution in [0.25, 0.3) is 0 Å². The minimum absolute atomic E-state index is 0.0200. The summed E-state index contributed by atoms with van der Waals surface area (Å²) in [6, 6.07) is -0.885. The topological polar surface area (TPSA) is 114 Å². The molecular formula is C71H135N2O7P. The number of hydrogen-bond acceptors (Lipinski definition) is 7. The number of allylic oxidation sites excluding steroid dienone is 7. The third-order valence-electron chi connectivity index (χ3n) is 15.8. The highest BCUT2D eigenvalue weighted by atomic mass is 31.2. The van der Waals surface area contributed by atoms with Crippen LogP contribution >= 0.6 is 7.82 Å². The average Bonchev–Trinajstić information content (AvgIpc) is 3.44. The highest BCUT2D eigenvalue weighted by Gasteiger charge is 2.27. The summed E-state index contributed by atoms with van der Waals surface area (Å²) in [6.07, 6.45) is 76.6. The zero-order chi connectivity index (χ0) is 59.3. The molecule has 81 heavy (non-hydrogen) atoms. The Labute approximate surface area is 503 Å². The van der Waals surface area contributed by atoms with E-state index in [1.807, 2.05) is 33.3 Å². The molecule has 0 fully saturated rings. The van der Waals surface area contributed by atoms with Gasteiger partial charge in [-0.1, -0.05) is 307 Å². The van der Waals surface area contributed by atoms with Crippen LogP contribution in [-0.4, -0.2) is 69.4 Å². The van der Waals surface area contributed by atoms with Gasteiger partial charge in [0.25, 0.3) is 7.82 Å². The molecule has 3 atom stereocenters. The number of quaternary nitrogens is 1. The van der Waals surface area contributed by atoms with Gasteiger partial charge in [-0.15, -0.1) is 0 Å². The fourth-order valence-corrected chi connectivity index (χ4v) is 11.1. The number of phosphoric ester groups is 1. The van der Waals surface area contributed by atoms with Crippen LogP contribution in [0.3, 0.4) is 0 Å². The van der Waals surface area contributed by atoms with Crippen molar-refractivity contribution in [1.82, 2.24) is 5.32 Å². The van der Waals surface area contributed by atoms with Crippen LogP contribution in [0.1, 0.15) is 342 Å². The van der Waals surface area contributed by atoms with E-state index in [4.69, 9.17) is 13.8 Å². The minimum Gasteiger partial charge on any atom is -0.756 e. The molecule has 0 aliphatic rings. The molecule has 0 saturated heterocycles. The Bertz CT molecular complexity index is 1520. The molecule has 10 heteroatoms. The van der Waals surface area contributed by atoms with Crippen LogP contribution in [0.15, 0.2) is 48.6 Å². The second-order valence-corrected chi connectivity index (χ2v) is 26.5. The number of nitrogens with zero attached hydrogens (tertiary/aromatic N) is 1. The van der Waals surface area contributed by atoms with Crippen LogP contribution in [0.2, 0.25) is 0 Å². The number of likely N-dealkylation sites (N-methyl/N-ethyl adjacent to an activating group) is 1. The summed E-state index contributed by atoms with van der Waals surface area (Å²) in [5, 5.41) is 3.04. The van der Waals surface area contributed by atoms with Crippen molar-refractivity contribution in [3.8, 4) is 0 Å². The summed E-state index contributed by atoms with van der Waals surface area (Å²) in [6.45, 7) is 6.86. The molecule has 0 spiro atoms. The van der Waals surface area contributed by atoms with E-state index in [1.165, 1.54) is 238 Å². The molecule has 0 radical (unpaired) electrons. The molecule has 0 bridgehead atoms. The summed E-state index contributed by atoms with van der Waals surface area (Å²) < 4.78 is 30.4. The van der Waals surface area contributed by atoms with E-state index < -0.39 is 20.0 Å². The molecule has 0 aliphatic heterocycles. The lowest BCUT2D eigenvalue weighted by Gasteiger charge is -2.30. The molecule has 0 aromatic rings. The Morgan fingerprint density at radius 2 is 0.753 bits per heavy atom. The maximum absolute atomic E-state index is 13.6. The highest BCUT2D eigenvalue weighted by molar-refractivity contribution is 7.45. The van der Waals surface area contributed by atoms with Crippen molar-refractivity contribution >= 4 is 19.7 Å². The van der Waals surface area contributed by atoms with Crippen LogP contribution in [0, 0.1) is 0 Å². The van der Waals surface area contributed by atoms with Gasteiger partial charge in [0.15, 0.2) is 0 Å². The van der Waals surface area contributed by atoms with E-state index in [1.54, 1.807) is 0 Å². The lowest BCUT2D eigenvalue weighted by molar-refractivity contribution is -0.870. The van der Waals surface area contributed by atoms with Gasteiger partial charge in [0.2, 0.25) is 5.91 Å². The molecule has 0 rings (SSSR count). The normalized spacial score (nSPS) is 13.8. The van der Waals surface area contributed by atoms with Crippen molar-refractivity contribution in [2.75, 3.05) is 40.9 Å². The van der Waals surface area contributed by atoms with E-state index in [9.17, 15) is 19.0 Å². The molecule has 0 heterocycles. The number of amides is 1. The molecule has 0 aliphatic carbocycles. The highest BCUT2D eigenvalue weighted by Crippen LogP contribution is 2.38. The summed E-state index contributed by atoms with van der Waals surface area (Å²) in [7, 11) is 1.20. The lowest BCUT2D eigenvalue weighted by atomic mass is 10.0. The molecular weight excluding hydrogens is 1020 g/mol. The number of carbonyl (C=O) groups excluding carboxylic acids is 2. The number of rotatable bonds is 64. The first-order valence-corrected chi connectivity index (χ1v) is 36.4. The van der Waals surface area contributed by atoms with Crippen molar-refractivity contribution in [1.29, 1.82) is 0 Å². The largest absolute Gasteiger partial charge is 0.756 e. The van der Waals surface area contributed by atoms with E-state index in [-0.39, 0.29) is 31.5 Å². The maximum Gasteiger partial charge on any atom is 0.306 e. The number of unbranched alkanes of at least 4 members (excludes halogenated alkanes) is 42. The minimum atomic E-state index is -4.70. The first-order valence-electron chi connectivity index (χ1n) is 34.9. The van der Waals surface area contributed by atoms with Gasteiger partial charge >= 0.3 is 5.97 Å². The number of nitrogens with one attached hydrogen (secondary N) is 1. The third kappa shape index (κ3) is 62.3. The van der Waals surface area contributed by atoms with Gasteiger partial charge in [-0.3, -0.25) is 14.2 Å². The van der Waals surface area contributed by atoms with Gasteiger partial charge in [0, 0.05) is 12.8 Å². The monoisotopic (exact) mass is 1160 g/mol. The van der Waals surface area contributed by atoms with Gasteiger partial charge in [-0.25, -0.2) is 0 Å². The van der Waals surface area contributed by atoms with E-state index in [0.717, 1.165) is 70.6 Å². The SMILES string of the molecule is CCCCC/C=C\C/C=C\C/C=C\CCCCCCCCCCCCCCCCC(=O)OC(/C=C\CCCCCCCCCCCCC)C(COP(=O)([O-])OCC[N+](C)(C)C)NC(=O)CCCCCCCCCCCCCCCCC. The molecule has 3 unspecified atom stereocenters. The Balaban J connectivity index is 5.03. The summed E-state index contributed by atoms with van der Waals surface area (Å²) >= 11 is 0. The van der Waals surface area contributed by atoms with E-state index in [0.29, 0.717) is 17.4 Å². The van der Waals surface area contributed by atoms with Crippen LogP contribution in [0.5, 0.6) is 0 Å². The molecule has 476 valence electrons. The van der Waals surface area contributed by atoms with Crippen LogP contribution < -0.4 is 10.2 Å². The summed E-state index contributed by atoms with van der Waals surface area (Å²) in [5.41, 5.74) is 0. The van der Waals surface area contributed by atoms with Crippen molar-refractivity contribution in [2.24, 2.45) is 0 Å². The number of carbonyl (C=O) groups is 2. The average molecular weight is 1160 g/mol. The number of hydrogen-bond donors (Lipinski definition) is 1. The second kappa shape index (κ2) is 61.1. The van der Waals surface area contributed by atoms with Crippen molar-refractivity contribution in [3.63, 3.8) is 0 Å². The first-order chi connectivity index (χ1) is 39.4. The molecule has 1 amide bonds. The Hall–Kier alpha value is -2.03. The lowest BCUT2D eigenvalue weighted by Crippen LogP contribution is -2.47. The zero-order valence-corrected chi connectivity index (χ0v) is 55.4. The molecule has 0 saturated carbocycles. The van der Waals surface area contributed by atoms with Crippen LogP contribution in [0.4, 0.5) is 0 Å². The fourth-order valence-electron chi connectivity index (χ4n) is 10.4. The van der Waals surface area contributed by atoms with Crippen molar-refractivity contribution in [2.45, 2.75) is 354 Å². The Morgan fingerprint density at radius 1 is 0.432 bits per heavy atom. The van der Waals surface area contributed by atoms with E-state index in [2.05, 4.69) is 62.5 Å². The van der Waals surface area contributed by atoms with Gasteiger partial charge in [-0.2, -0.15) is 0 Å². The number of phosphoric acid groups is 1. The summed E-state index contributed by atoms with van der Waals surface area (Å²) in [5.74, 6) is -0.525. The second-order valence-electron chi connectivity index (χ2n) is 25.0. The molecule has 0 aromatic carbocycles. The van der Waals surface area contributed by atoms with Gasteiger partial charge < -0.3 is 28.5 Å². The third-order valence-corrected chi connectivity index (χ3v) is 16.7. The van der Waals surface area contributed by atoms with Crippen molar-refractivity contribution < 1.29 is 37.3 Å². The van der Waals surface area contributed by atoms with E-state index >= 15 is 0 Å². The molecule has 9 nitrogen and oxygen atoms in total. The van der Waals surface area contributed by atoms with Crippen molar-refractivity contribution in [3.05, 3.63) is 48.6 Å². The van der Waals surface area contributed by atoms with Gasteiger partial charge in [-0.05, 0) is 70.3 Å². The molecule has 0 aromatic heterocycles.